The normalized spacial score (nSPS) is 13.2. The first-order valence-corrected chi connectivity index (χ1v) is 6.54. The van der Waals surface area contributed by atoms with Crippen LogP contribution in [0.15, 0.2) is 18.2 Å². The van der Waals surface area contributed by atoms with Crippen molar-refractivity contribution in [1.29, 1.82) is 0 Å². The summed E-state index contributed by atoms with van der Waals surface area (Å²) in [6.45, 7) is 9.00. The standard InChI is InChI=1S/C15H25NO3/c1-11(16)14-12(17-5)7-6-8-13(14)18-9-10-19-15(2,3)4/h6-8,11H,9-10,16H2,1-5H3/t11-/m0/s1. The zero-order valence-corrected chi connectivity index (χ0v) is 12.5. The molecule has 0 aromatic heterocycles. The molecule has 1 aromatic rings. The van der Waals surface area contributed by atoms with Crippen LogP contribution in [0.5, 0.6) is 11.5 Å². The fourth-order valence-electron chi connectivity index (χ4n) is 1.78. The van der Waals surface area contributed by atoms with Crippen LogP contribution in [-0.2, 0) is 4.74 Å². The molecule has 0 radical (unpaired) electrons. The summed E-state index contributed by atoms with van der Waals surface area (Å²) in [5.74, 6) is 1.51. The van der Waals surface area contributed by atoms with Crippen LogP contribution in [0, 0.1) is 0 Å². The number of hydrogen-bond acceptors (Lipinski definition) is 4. The molecule has 1 atom stereocenters. The van der Waals surface area contributed by atoms with E-state index in [1.165, 1.54) is 0 Å². The molecule has 0 saturated heterocycles. The van der Waals surface area contributed by atoms with Gasteiger partial charge in [-0.1, -0.05) is 6.07 Å². The molecule has 0 heterocycles. The maximum absolute atomic E-state index is 5.97. The first kappa shape index (κ1) is 15.8. The minimum atomic E-state index is -0.151. The third kappa shape index (κ3) is 5.09. The van der Waals surface area contributed by atoms with E-state index in [0.29, 0.717) is 13.2 Å². The molecule has 4 nitrogen and oxygen atoms in total. The van der Waals surface area contributed by atoms with E-state index >= 15 is 0 Å². The minimum absolute atomic E-state index is 0.144. The van der Waals surface area contributed by atoms with Crippen LogP contribution in [0.2, 0.25) is 0 Å². The zero-order valence-electron chi connectivity index (χ0n) is 12.5. The third-order valence-electron chi connectivity index (χ3n) is 2.58. The van der Waals surface area contributed by atoms with Gasteiger partial charge in [-0.15, -0.1) is 0 Å². The molecule has 1 aromatic carbocycles. The van der Waals surface area contributed by atoms with Crippen LogP contribution in [0.3, 0.4) is 0 Å². The van der Waals surface area contributed by atoms with E-state index in [4.69, 9.17) is 19.9 Å². The number of methoxy groups -OCH3 is 1. The SMILES string of the molecule is COc1cccc(OCCOC(C)(C)C)c1[C@H](C)N. The second-order valence-corrected chi connectivity index (χ2v) is 5.47. The van der Waals surface area contributed by atoms with Crippen molar-refractivity contribution in [3.05, 3.63) is 23.8 Å². The topological polar surface area (TPSA) is 53.7 Å². The van der Waals surface area contributed by atoms with Gasteiger partial charge in [0.05, 0.1) is 24.9 Å². The largest absolute Gasteiger partial charge is 0.496 e. The lowest BCUT2D eigenvalue weighted by Crippen LogP contribution is -2.22. The number of rotatable bonds is 6. The highest BCUT2D eigenvalue weighted by atomic mass is 16.5. The van der Waals surface area contributed by atoms with Crippen molar-refractivity contribution >= 4 is 0 Å². The van der Waals surface area contributed by atoms with Crippen LogP contribution < -0.4 is 15.2 Å². The summed E-state index contributed by atoms with van der Waals surface area (Å²) in [5.41, 5.74) is 6.71. The van der Waals surface area contributed by atoms with Gasteiger partial charge in [-0.3, -0.25) is 0 Å². The Morgan fingerprint density at radius 2 is 1.79 bits per heavy atom. The Labute approximate surface area is 115 Å². The molecule has 0 aliphatic heterocycles. The van der Waals surface area contributed by atoms with Gasteiger partial charge in [-0.2, -0.15) is 0 Å². The number of benzene rings is 1. The Hall–Kier alpha value is -1.26. The molecule has 0 saturated carbocycles. The lowest BCUT2D eigenvalue weighted by atomic mass is 10.1. The van der Waals surface area contributed by atoms with Crippen LogP contribution in [0.4, 0.5) is 0 Å². The van der Waals surface area contributed by atoms with Crippen LogP contribution in [-0.4, -0.2) is 25.9 Å². The smallest absolute Gasteiger partial charge is 0.127 e. The first-order chi connectivity index (χ1) is 8.85. The van der Waals surface area contributed by atoms with Crippen molar-refractivity contribution in [2.75, 3.05) is 20.3 Å². The molecular formula is C15H25NO3. The van der Waals surface area contributed by atoms with Crippen molar-refractivity contribution in [3.63, 3.8) is 0 Å². The van der Waals surface area contributed by atoms with E-state index in [2.05, 4.69) is 0 Å². The quantitative estimate of drug-likeness (QED) is 0.805. The number of ether oxygens (including phenoxy) is 3. The molecule has 0 aliphatic rings. The Morgan fingerprint density at radius 3 is 2.32 bits per heavy atom. The van der Waals surface area contributed by atoms with E-state index in [-0.39, 0.29) is 11.6 Å². The van der Waals surface area contributed by atoms with Gasteiger partial charge in [-0.05, 0) is 39.8 Å². The summed E-state index contributed by atoms with van der Waals surface area (Å²) in [6, 6.07) is 5.54. The highest BCUT2D eigenvalue weighted by Crippen LogP contribution is 2.32. The van der Waals surface area contributed by atoms with Gasteiger partial charge in [0.2, 0.25) is 0 Å². The summed E-state index contributed by atoms with van der Waals surface area (Å²) in [6.07, 6.45) is 0. The second kappa shape index (κ2) is 6.78. The lowest BCUT2D eigenvalue weighted by Gasteiger charge is -2.21. The van der Waals surface area contributed by atoms with Gasteiger partial charge in [0.15, 0.2) is 0 Å². The average molecular weight is 267 g/mol. The Kier molecular flexibility index (Phi) is 5.63. The molecule has 0 amide bonds. The molecule has 0 spiro atoms. The Balaban J connectivity index is 2.68. The molecule has 19 heavy (non-hydrogen) atoms. The molecule has 0 bridgehead atoms. The van der Waals surface area contributed by atoms with E-state index in [9.17, 15) is 0 Å². The highest BCUT2D eigenvalue weighted by Gasteiger charge is 2.15. The molecule has 0 unspecified atom stereocenters. The predicted molar refractivity (Wildman–Crippen MR) is 76.8 cm³/mol. The van der Waals surface area contributed by atoms with Gasteiger partial charge >= 0.3 is 0 Å². The Bertz CT molecular complexity index is 397. The fourth-order valence-corrected chi connectivity index (χ4v) is 1.78. The van der Waals surface area contributed by atoms with E-state index < -0.39 is 0 Å². The number of hydrogen-bond donors (Lipinski definition) is 1. The Morgan fingerprint density at radius 1 is 1.16 bits per heavy atom. The summed E-state index contributed by atoms with van der Waals surface area (Å²) >= 11 is 0. The minimum Gasteiger partial charge on any atom is -0.496 e. The van der Waals surface area contributed by atoms with Crippen molar-refractivity contribution in [2.24, 2.45) is 5.73 Å². The third-order valence-corrected chi connectivity index (χ3v) is 2.58. The first-order valence-electron chi connectivity index (χ1n) is 6.54. The highest BCUT2D eigenvalue weighted by molar-refractivity contribution is 5.46. The molecule has 108 valence electrons. The molecule has 4 heteroatoms. The van der Waals surface area contributed by atoms with E-state index in [1.54, 1.807) is 7.11 Å². The molecule has 1 rings (SSSR count). The summed E-state index contributed by atoms with van der Waals surface area (Å²) in [7, 11) is 1.63. The average Bonchev–Trinajstić information content (AvgIpc) is 2.32. The second-order valence-electron chi connectivity index (χ2n) is 5.47. The number of nitrogens with two attached hydrogens (primary N) is 1. The fraction of sp³-hybridized carbons (Fsp3) is 0.600. The summed E-state index contributed by atoms with van der Waals surface area (Å²) < 4.78 is 16.7. The van der Waals surface area contributed by atoms with E-state index in [0.717, 1.165) is 17.1 Å². The van der Waals surface area contributed by atoms with Gasteiger partial charge in [0.25, 0.3) is 0 Å². The van der Waals surface area contributed by atoms with Crippen molar-refractivity contribution in [2.45, 2.75) is 39.3 Å². The van der Waals surface area contributed by atoms with Crippen molar-refractivity contribution < 1.29 is 14.2 Å². The summed E-state index contributed by atoms with van der Waals surface area (Å²) in [4.78, 5) is 0. The maximum Gasteiger partial charge on any atom is 0.127 e. The van der Waals surface area contributed by atoms with Gasteiger partial charge < -0.3 is 19.9 Å². The van der Waals surface area contributed by atoms with Crippen molar-refractivity contribution in [1.82, 2.24) is 0 Å². The monoisotopic (exact) mass is 267 g/mol. The molecular weight excluding hydrogens is 242 g/mol. The molecule has 0 fully saturated rings. The van der Waals surface area contributed by atoms with Gasteiger partial charge in [0.1, 0.15) is 18.1 Å². The van der Waals surface area contributed by atoms with Gasteiger partial charge in [-0.25, -0.2) is 0 Å². The molecule has 2 N–H and O–H groups in total. The van der Waals surface area contributed by atoms with Crippen LogP contribution in [0.1, 0.15) is 39.3 Å². The summed E-state index contributed by atoms with van der Waals surface area (Å²) in [5, 5.41) is 0. The molecule has 0 aliphatic carbocycles. The van der Waals surface area contributed by atoms with E-state index in [1.807, 2.05) is 45.9 Å². The van der Waals surface area contributed by atoms with Crippen LogP contribution in [0.25, 0.3) is 0 Å². The zero-order chi connectivity index (χ0) is 14.5. The van der Waals surface area contributed by atoms with Crippen molar-refractivity contribution in [3.8, 4) is 11.5 Å². The maximum atomic E-state index is 5.97. The van der Waals surface area contributed by atoms with Gasteiger partial charge in [0, 0.05) is 6.04 Å². The lowest BCUT2D eigenvalue weighted by molar-refractivity contribution is -0.0164. The van der Waals surface area contributed by atoms with Crippen LogP contribution >= 0.6 is 0 Å². The predicted octanol–water partition coefficient (Wildman–Crippen LogP) is 2.91.